The monoisotopic (exact) mass is 219 g/mol. The first-order chi connectivity index (χ1) is 7.28. The van der Waals surface area contributed by atoms with Crippen molar-refractivity contribution in [2.24, 2.45) is 0 Å². The third-order valence-corrected chi connectivity index (χ3v) is 3.10. The molecular weight excluding hydrogens is 206 g/mol. The maximum Gasteiger partial charge on any atom is 0.205 e. The van der Waals surface area contributed by atoms with Crippen LogP contribution in [0.2, 0.25) is 0 Å². The number of rotatable bonds is 3. The molecule has 0 atom stereocenters. The fraction of sp³-hybridized carbons (Fsp3) is 0.273. The molecule has 0 spiro atoms. The van der Waals surface area contributed by atoms with Gasteiger partial charge in [-0.15, -0.1) is 10.2 Å². The minimum Gasteiger partial charge on any atom is -0.363 e. The van der Waals surface area contributed by atoms with Crippen molar-refractivity contribution in [3.8, 4) is 0 Å². The number of aryl methyl sites for hydroxylation is 1. The lowest BCUT2D eigenvalue weighted by Crippen LogP contribution is -1.87. The van der Waals surface area contributed by atoms with Gasteiger partial charge in [-0.3, -0.25) is 0 Å². The second-order valence-corrected chi connectivity index (χ2v) is 4.48. The van der Waals surface area contributed by atoms with Gasteiger partial charge in [-0.2, -0.15) is 0 Å². The fourth-order valence-electron chi connectivity index (χ4n) is 1.31. The summed E-state index contributed by atoms with van der Waals surface area (Å²) in [7, 11) is 1.86. The lowest BCUT2D eigenvalue weighted by Gasteiger charge is -1.97. The van der Waals surface area contributed by atoms with Gasteiger partial charge < -0.3 is 5.32 Å². The molecule has 0 fully saturated rings. The highest BCUT2D eigenvalue weighted by Crippen LogP contribution is 2.17. The van der Waals surface area contributed by atoms with E-state index < -0.39 is 0 Å². The van der Waals surface area contributed by atoms with Crippen LogP contribution >= 0.6 is 11.3 Å². The molecule has 78 valence electrons. The first-order valence-electron chi connectivity index (χ1n) is 4.83. The Morgan fingerprint density at radius 3 is 2.53 bits per heavy atom. The molecule has 0 radical (unpaired) electrons. The fourth-order valence-corrected chi connectivity index (χ4v) is 2.03. The maximum absolute atomic E-state index is 4.11. The van der Waals surface area contributed by atoms with Crippen molar-refractivity contribution in [1.29, 1.82) is 0 Å². The van der Waals surface area contributed by atoms with E-state index >= 15 is 0 Å². The zero-order valence-corrected chi connectivity index (χ0v) is 9.64. The molecule has 0 aliphatic carbocycles. The molecule has 0 aliphatic heterocycles. The van der Waals surface area contributed by atoms with Crippen molar-refractivity contribution in [2.45, 2.75) is 13.3 Å². The van der Waals surface area contributed by atoms with Crippen molar-refractivity contribution in [1.82, 2.24) is 10.2 Å². The number of nitrogens with zero attached hydrogens (tertiary/aromatic N) is 2. The summed E-state index contributed by atoms with van der Waals surface area (Å²) < 4.78 is 0. The van der Waals surface area contributed by atoms with Gasteiger partial charge >= 0.3 is 0 Å². The average molecular weight is 219 g/mol. The molecule has 0 bridgehead atoms. The predicted molar refractivity (Wildman–Crippen MR) is 63.4 cm³/mol. The highest BCUT2D eigenvalue weighted by molar-refractivity contribution is 7.15. The summed E-state index contributed by atoms with van der Waals surface area (Å²) in [5.74, 6) is 0. The summed E-state index contributed by atoms with van der Waals surface area (Å²) in [6, 6.07) is 8.51. The second kappa shape index (κ2) is 4.40. The third-order valence-electron chi connectivity index (χ3n) is 2.16. The maximum atomic E-state index is 4.11. The normalized spacial score (nSPS) is 10.3. The molecule has 1 heterocycles. The lowest BCUT2D eigenvalue weighted by atomic mass is 10.1. The van der Waals surface area contributed by atoms with Crippen molar-refractivity contribution < 1.29 is 0 Å². The van der Waals surface area contributed by atoms with Gasteiger partial charge in [-0.1, -0.05) is 41.2 Å². The van der Waals surface area contributed by atoms with E-state index in [1.165, 1.54) is 11.1 Å². The first kappa shape index (κ1) is 10.1. The van der Waals surface area contributed by atoms with Crippen LogP contribution in [0, 0.1) is 6.92 Å². The van der Waals surface area contributed by atoms with Gasteiger partial charge in [0.15, 0.2) is 0 Å². The number of nitrogens with one attached hydrogen (secondary N) is 1. The Balaban J connectivity index is 2.11. The molecule has 0 saturated carbocycles. The molecule has 0 unspecified atom stereocenters. The van der Waals surface area contributed by atoms with Crippen LogP contribution in [0.5, 0.6) is 0 Å². The van der Waals surface area contributed by atoms with Crippen molar-refractivity contribution >= 4 is 16.5 Å². The van der Waals surface area contributed by atoms with Crippen LogP contribution in [-0.4, -0.2) is 17.2 Å². The first-order valence-corrected chi connectivity index (χ1v) is 5.65. The SMILES string of the molecule is CNc1nnc(Cc2ccc(C)cc2)s1. The van der Waals surface area contributed by atoms with Crippen molar-refractivity contribution in [3.05, 3.63) is 40.4 Å². The Labute approximate surface area is 93.2 Å². The molecule has 0 aliphatic rings. The molecule has 15 heavy (non-hydrogen) atoms. The van der Waals surface area contributed by atoms with E-state index in [9.17, 15) is 0 Å². The van der Waals surface area contributed by atoms with Gasteiger partial charge in [0.1, 0.15) is 5.01 Å². The summed E-state index contributed by atoms with van der Waals surface area (Å²) in [4.78, 5) is 0. The van der Waals surface area contributed by atoms with E-state index in [0.717, 1.165) is 16.6 Å². The van der Waals surface area contributed by atoms with Crippen molar-refractivity contribution in [2.75, 3.05) is 12.4 Å². The summed E-state index contributed by atoms with van der Waals surface area (Å²) in [5.41, 5.74) is 2.56. The Hall–Kier alpha value is -1.42. The van der Waals surface area contributed by atoms with E-state index in [1.807, 2.05) is 7.05 Å². The van der Waals surface area contributed by atoms with E-state index in [2.05, 4.69) is 46.7 Å². The number of hydrogen-bond donors (Lipinski definition) is 1. The summed E-state index contributed by atoms with van der Waals surface area (Å²) in [6.45, 7) is 2.09. The third kappa shape index (κ3) is 2.53. The molecule has 3 nitrogen and oxygen atoms in total. The summed E-state index contributed by atoms with van der Waals surface area (Å²) in [5, 5.41) is 13.0. The van der Waals surface area contributed by atoms with Crippen LogP contribution in [0.25, 0.3) is 0 Å². The quantitative estimate of drug-likeness (QED) is 0.861. The van der Waals surface area contributed by atoms with Crippen LogP contribution in [0.15, 0.2) is 24.3 Å². The van der Waals surface area contributed by atoms with Gasteiger partial charge in [0.25, 0.3) is 0 Å². The smallest absolute Gasteiger partial charge is 0.205 e. The molecular formula is C11H13N3S. The Morgan fingerprint density at radius 2 is 1.93 bits per heavy atom. The van der Waals surface area contributed by atoms with Gasteiger partial charge in [0.2, 0.25) is 5.13 Å². The topological polar surface area (TPSA) is 37.8 Å². The number of anilines is 1. The lowest BCUT2D eigenvalue weighted by molar-refractivity contribution is 1.00. The Morgan fingerprint density at radius 1 is 1.20 bits per heavy atom. The van der Waals surface area contributed by atoms with Crippen LogP contribution < -0.4 is 5.32 Å². The van der Waals surface area contributed by atoms with Gasteiger partial charge in [-0.25, -0.2) is 0 Å². The van der Waals surface area contributed by atoms with Crippen LogP contribution in [0.3, 0.4) is 0 Å². The van der Waals surface area contributed by atoms with E-state index in [4.69, 9.17) is 0 Å². The van der Waals surface area contributed by atoms with Crippen LogP contribution in [0.1, 0.15) is 16.1 Å². The standard InChI is InChI=1S/C11H13N3S/c1-8-3-5-9(6-4-8)7-10-13-14-11(12-2)15-10/h3-6H,7H2,1-2H3,(H,12,14). The average Bonchev–Trinajstić information content (AvgIpc) is 2.69. The van der Waals surface area contributed by atoms with Gasteiger partial charge in [-0.05, 0) is 12.5 Å². The van der Waals surface area contributed by atoms with Gasteiger partial charge in [0, 0.05) is 13.5 Å². The number of hydrogen-bond acceptors (Lipinski definition) is 4. The Kier molecular flexibility index (Phi) is 2.97. The minimum absolute atomic E-state index is 0.861. The predicted octanol–water partition coefficient (Wildman–Crippen LogP) is 2.48. The molecule has 1 N–H and O–H groups in total. The molecule has 2 rings (SSSR count). The van der Waals surface area contributed by atoms with Crippen LogP contribution in [0.4, 0.5) is 5.13 Å². The zero-order valence-electron chi connectivity index (χ0n) is 8.82. The molecule has 2 aromatic rings. The molecule has 0 saturated heterocycles. The number of benzene rings is 1. The summed E-state index contributed by atoms with van der Waals surface area (Å²) in [6.07, 6.45) is 0.861. The molecule has 0 amide bonds. The Bertz CT molecular complexity index is 433. The van der Waals surface area contributed by atoms with E-state index in [-0.39, 0.29) is 0 Å². The summed E-state index contributed by atoms with van der Waals surface area (Å²) >= 11 is 1.60. The second-order valence-electron chi connectivity index (χ2n) is 3.41. The molecule has 4 heteroatoms. The molecule has 1 aromatic carbocycles. The zero-order chi connectivity index (χ0) is 10.7. The van der Waals surface area contributed by atoms with E-state index in [0.29, 0.717) is 0 Å². The minimum atomic E-state index is 0.861. The van der Waals surface area contributed by atoms with Crippen LogP contribution in [-0.2, 0) is 6.42 Å². The van der Waals surface area contributed by atoms with Gasteiger partial charge in [0.05, 0.1) is 0 Å². The highest BCUT2D eigenvalue weighted by atomic mass is 32.1. The largest absolute Gasteiger partial charge is 0.363 e. The molecule has 1 aromatic heterocycles. The number of aromatic nitrogens is 2. The van der Waals surface area contributed by atoms with E-state index in [1.54, 1.807) is 11.3 Å². The van der Waals surface area contributed by atoms with Crippen molar-refractivity contribution in [3.63, 3.8) is 0 Å². The highest BCUT2D eigenvalue weighted by Gasteiger charge is 2.03.